The molecule has 0 saturated heterocycles. The van der Waals surface area contributed by atoms with E-state index in [0.29, 0.717) is 5.57 Å². The second kappa shape index (κ2) is 3.95. The minimum absolute atomic E-state index is 0.535. The van der Waals surface area contributed by atoms with Crippen LogP contribution in [-0.2, 0) is 0 Å². The Bertz CT molecular complexity index is 312. The van der Waals surface area contributed by atoms with E-state index in [0.717, 1.165) is 5.56 Å². The Morgan fingerprint density at radius 3 is 2.29 bits per heavy atom. The van der Waals surface area contributed by atoms with Gasteiger partial charge in [0.1, 0.15) is 5.60 Å². The normalized spacial score (nSPS) is 17.1. The molecule has 0 heterocycles. The van der Waals surface area contributed by atoms with E-state index in [2.05, 4.69) is 6.58 Å². The summed E-state index contributed by atoms with van der Waals surface area (Å²) in [4.78, 5) is 0. The number of aliphatic hydroxyl groups excluding tert-OH is 1. The minimum Gasteiger partial charge on any atom is -0.390 e. The van der Waals surface area contributed by atoms with Gasteiger partial charge in [0.25, 0.3) is 0 Å². The van der Waals surface area contributed by atoms with Crippen LogP contribution in [0.25, 0.3) is 5.57 Å². The third-order valence-electron chi connectivity index (χ3n) is 2.55. The van der Waals surface area contributed by atoms with Gasteiger partial charge in [0.2, 0.25) is 0 Å². The number of rotatable bonds is 3. The van der Waals surface area contributed by atoms with Gasteiger partial charge in [-0.2, -0.15) is 0 Å². The van der Waals surface area contributed by atoms with E-state index in [9.17, 15) is 10.2 Å². The average molecular weight is 192 g/mol. The third kappa shape index (κ3) is 2.03. The van der Waals surface area contributed by atoms with E-state index in [4.69, 9.17) is 0 Å². The van der Waals surface area contributed by atoms with Crippen LogP contribution in [0.1, 0.15) is 19.4 Å². The summed E-state index contributed by atoms with van der Waals surface area (Å²) in [5.41, 5.74) is 0.105. The lowest BCUT2D eigenvalue weighted by molar-refractivity contribution is -0.00721. The molecule has 0 aromatic heterocycles. The first-order valence-electron chi connectivity index (χ1n) is 4.61. The smallest absolute Gasteiger partial charge is 0.112 e. The zero-order chi connectivity index (χ0) is 10.8. The molecule has 0 amide bonds. The standard InChI is InChI=1S/C12H16O2/c1-9(12(3,14)10(2)13)11-7-5-4-6-8-11/h4-8,10,13-14H,1H2,2-3H3. The van der Waals surface area contributed by atoms with Crippen molar-refractivity contribution in [2.24, 2.45) is 0 Å². The highest BCUT2D eigenvalue weighted by Crippen LogP contribution is 2.27. The molecule has 2 atom stereocenters. The quantitative estimate of drug-likeness (QED) is 0.767. The second-order valence-electron chi connectivity index (χ2n) is 3.67. The Hall–Kier alpha value is -1.12. The van der Waals surface area contributed by atoms with Crippen LogP contribution < -0.4 is 0 Å². The van der Waals surface area contributed by atoms with Crippen molar-refractivity contribution >= 4 is 5.57 Å². The highest BCUT2D eigenvalue weighted by atomic mass is 16.3. The van der Waals surface area contributed by atoms with E-state index in [1.54, 1.807) is 13.8 Å². The number of benzene rings is 1. The fourth-order valence-electron chi connectivity index (χ4n) is 1.18. The van der Waals surface area contributed by atoms with Gasteiger partial charge in [-0.25, -0.2) is 0 Å². The average Bonchev–Trinajstić information content (AvgIpc) is 2.17. The molecule has 2 unspecified atom stereocenters. The van der Waals surface area contributed by atoms with Crippen molar-refractivity contribution in [3.8, 4) is 0 Å². The zero-order valence-corrected chi connectivity index (χ0v) is 8.57. The summed E-state index contributed by atoms with van der Waals surface area (Å²) in [6.45, 7) is 6.92. The van der Waals surface area contributed by atoms with Crippen LogP contribution in [0.3, 0.4) is 0 Å². The van der Waals surface area contributed by atoms with Gasteiger partial charge in [-0.05, 0) is 25.0 Å². The lowest BCUT2D eigenvalue weighted by Gasteiger charge is -2.29. The molecular weight excluding hydrogens is 176 g/mol. The van der Waals surface area contributed by atoms with Crippen molar-refractivity contribution < 1.29 is 10.2 Å². The zero-order valence-electron chi connectivity index (χ0n) is 8.57. The highest BCUT2D eigenvalue weighted by molar-refractivity contribution is 5.70. The van der Waals surface area contributed by atoms with E-state index >= 15 is 0 Å². The van der Waals surface area contributed by atoms with Gasteiger partial charge >= 0.3 is 0 Å². The molecule has 2 N–H and O–H groups in total. The SMILES string of the molecule is C=C(c1ccccc1)C(C)(O)C(C)O. The predicted molar refractivity (Wildman–Crippen MR) is 57.8 cm³/mol. The molecule has 2 heteroatoms. The fraction of sp³-hybridized carbons (Fsp3) is 0.333. The molecule has 0 aliphatic rings. The molecule has 76 valence electrons. The van der Waals surface area contributed by atoms with Gasteiger partial charge in [-0.3, -0.25) is 0 Å². The number of aliphatic hydroxyl groups is 2. The summed E-state index contributed by atoms with van der Waals surface area (Å²) < 4.78 is 0. The summed E-state index contributed by atoms with van der Waals surface area (Å²) in [7, 11) is 0. The van der Waals surface area contributed by atoms with Gasteiger partial charge in [-0.15, -0.1) is 0 Å². The Morgan fingerprint density at radius 1 is 1.36 bits per heavy atom. The van der Waals surface area contributed by atoms with Gasteiger partial charge in [0, 0.05) is 0 Å². The Morgan fingerprint density at radius 2 is 1.86 bits per heavy atom. The first-order valence-corrected chi connectivity index (χ1v) is 4.61. The highest BCUT2D eigenvalue weighted by Gasteiger charge is 2.30. The number of hydrogen-bond donors (Lipinski definition) is 2. The Balaban J connectivity index is 2.97. The van der Waals surface area contributed by atoms with E-state index in [-0.39, 0.29) is 0 Å². The van der Waals surface area contributed by atoms with Gasteiger partial charge < -0.3 is 10.2 Å². The van der Waals surface area contributed by atoms with Crippen molar-refractivity contribution in [1.82, 2.24) is 0 Å². The molecule has 0 spiro atoms. The summed E-state index contributed by atoms with van der Waals surface area (Å²) in [5.74, 6) is 0. The third-order valence-corrected chi connectivity index (χ3v) is 2.55. The minimum atomic E-state index is -1.28. The van der Waals surface area contributed by atoms with E-state index in [1.165, 1.54) is 0 Å². The van der Waals surface area contributed by atoms with Gasteiger partial charge in [0.05, 0.1) is 6.10 Å². The first kappa shape index (κ1) is 11.0. The molecule has 0 bridgehead atoms. The van der Waals surface area contributed by atoms with Gasteiger partial charge in [-0.1, -0.05) is 36.9 Å². The second-order valence-corrected chi connectivity index (χ2v) is 3.67. The summed E-state index contributed by atoms with van der Waals surface area (Å²) in [5, 5.41) is 19.4. The maximum absolute atomic E-state index is 9.96. The van der Waals surface area contributed by atoms with Crippen LogP contribution in [0.4, 0.5) is 0 Å². The maximum Gasteiger partial charge on any atom is 0.112 e. The van der Waals surface area contributed by atoms with Crippen LogP contribution >= 0.6 is 0 Å². The lowest BCUT2D eigenvalue weighted by atomic mass is 9.87. The largest absolute Gasteiger partial charge is 0.390 e. The molecule has 1 rings (SSSR count). The summed E-state index contributed by atoms with van der Waals surface area (Å²) in [6, 6.07) is 9.36. The van der Waals surface area contributed by atoms with Crippen LogP contribution in [0.15, 0.2) is 36.9 Å². The molecule has 0 fully saturated rings. The van der Waals surface area contributed by atoms with Crippen molar-refractivity contribution in [2.45, 2.75) is 25.6 Å². The molecule has 1 aromatic rings. The molecular formula is C12H16O2. The molecule has 1 aromatic carbocycles. The maximum atomic E-state index is 9.96. The first-order chi connectivity index (χ1) is 6.46. The van der Waals surface area contributed by atoms with Crippen LogP contribution in [0.2, 0.25) is 0 Å². The molecule has 0 saturated carbocycles. The Kier molecular flexibility index (Phi) is 3.09. The summed E-state index contributed by atoms with van der Waals surface area (Å²) in [6.07, 6.45) is -0.838. The molecule has 0 aliphatic carbocycles. The summed E-state index contributed by atoms with van der Waals surface area (Å²) >= 11 is 0. The van der Waals surface area contributed by atoms with E-state index < -0.39 is 11.7 Å². The van der Waals surface area contributed by atoms with Crippen molar-refractivity contribution in [3.63, 3.8) is 0 Å². The lowest BCUT2D eigenvalue weighted by Crippen LogP contribution is -2.37. The van der Waals surface area contributed by atoms with Crippen molar-refractivity contribution in [2.75, 3.05) is 0 Å². The van der Waals surface area contributed by atoms with E-state index in [1.807, 2.05) is 30.3 Å². The van der Waals surface area contributed by atoms with Crippen LogP contribution in [-0.4, -0.2) is 21.9 Å². The monoisotopic (exact) mass is 192 g/mol. The van der Waals surface area contributed by atoms with Gasteiger partial charge in [0.15, 0.2) is 0 Å². The molecule has 0 aliphatic heterocycles. The van der Waals surface area contributed by atoms with Crippen LogP contribution in [0, 0.1) is 0 Å². The predicted octanol–water partition coefficient (Wildman–Crippen LogP) is 1.83. The Labute approximate surface area is 84.5 Å². The molecule has 0 radical (unpaired) electrons. The topological polar surface area (TPSA) is 40.5 Å². The van der Waals surface area contributed by atoms with Crippen molar-refractivity contribution in [3.05, 3.63) is 42.5 Å². The van der Waals surface area contributed by atoms with Crippen LogP contribution in [0.5, 0.6) is 0 Å². The molecule has 2 nitrogen and oxygen atoms in total. The number of hydrogen-bond acceptors (Lipinski definition) is 2. The fourth-order valence-corrected chi connectivity index (χ4v) is 1.18. The van der Waals surface area contributed by atoms with Crippen molar-refractivity contribution in [1.29, 1.82) is 0 Å². The molecule has 14 heavy (non-hydrogen) atoms.